The summed E-state index contributed by atoms with van der Waals surface area (Å²) in [6.07, 6.45) is 0. The van der Waals surface area contributed by atoms with E-state index in [1.54, 1.807) is 6.92 Å². The van der Waals surface area contributed by atoms with Crippen molar-refractivity contribution >= 4 is 5.97 Å². The van der Waals surface area contributed by atoms with E-state index in [0.717, 1.165) is 6.07 Å². The maximum atomic E-state index is 12.4. The van der Waals surface area contributed by atoms with Crippen LogP contribution < -0.4 is 34.7 Å². The number of halogens is 1. The van der Waals surface area contributed by atoms with Gasteiger partial charge in [-0.1, -0.05) is 6.07 Å². The van der Waals surface area contributed by atoms with E-state index in [0.29, 0.717) is 5.56 Å². The van der Waals surface area contributed by atoms with Crippen LogP contribution >= 0.6 is 0 Å². The molecular weight excluding hydrogens is 170 g/mol. The Morgan fingerprint density at radius 2 is 2.08 bits per heavy atom. The maximum absolute atomic E-state index is 12.4. The van der Waals surface area contributed by atoms with Crippen LogP contribution in [-0.2, 0) is 0 Å². The van der Waals surface area contributed by atoms with Crippen LogP contribution in [0.15, 0.2) is 18.2 Å². The molecule has 12 heavy (non-hydrogen) atoms. The third kappa shape index (κ3) is 2.59. The smallest absolute Gasteiger partial charge is 0.545 e. The summed E-state index contributed by atoms with van der Waals surface area (Å²) in [5.74, 6) is -1.91. The van der Waals surface area contributed by atoms with E-state index >= 15 is 0 Å². The van der Waals surface area contributed by atoms with E-state index in [2.05, 4.69) is 0 Å². The number of carbonyl (C=O) groups excluding carboxylic acids is 1. The molecule has 0 saturated carbocycles. The molecule has 0 heterocycles. The fourth-order valence-electron chi connectivity index (χ4n) is 0.814. The van der Waals surface area contributed by atoms with Gasteiger partial charge in [0.1, 0.15) is 5.82 Å². The Bertz CT molecular complexity index is 299. The number of aryl methyl sites for hydroxylation is 1. The van der Waals surface area contributed by atoms with Crippen molar-refractivity contribution < 1.29 is 43.8 Å². The summed E-state index contributed by atoms with van der Waals surface area (Å²) < 4.78 is 12.4. The van der Waals surface area contributed by atoms with Gasteiger partial charge in [0.25, 0.3) is 0 Å². The molecule has 0 atom stereocenters. The largest absolute Gasteiger partial charge is 1.00 e. The third-order valence-electron chi connectivity index (χ3n) is 1.42. The monoisotopic (exact) mass is 176 g/mol. The molecule has 0 unspecified atom stereocenters. The van der Waals surface area contributed by atoms with Crippen LogP contribution in [-0.4, -0.2) is 5.97 Å². The third-order valence-corrected chi connectivity index (χ3v) is 1.42. The average molecular weight is 176 g/mol. The van der Waals surface area contributed by atoms with Gasteiger partial charge in [0.05, 0.1) is 5.97 Å². The predicted molar refractivity (Wildman–Crippen MR) is 35.5 cm³/mol. The van der Waals surface area contributed by atoms with Gasteiger partial charge in [-0.05, 0) is 24.6 Å². The molecule has 0 bridgehead atoms. The normalized spacial score (nSPS) is 8.83. The molecule has 58 valence electrons. The molecule has 0 aromatic heterocycles. The second-order valence-corrected chi connectivity index (χ2v) is 2.25. The fraction of sp³-hybridized carbons (Fsp3) is 0.125. The first-order valence-corrected chi connectivity index (χ1v) is 3.09. The quantitative estimate of drug-likeness (QED) is 0.444. The van der Waals surface area contributed by atoms with Crippen molar-refractivity contribution in [1.82, 2.24) is 0 Å². The van der Waals surface area contributed by atoms with Gasteiger partial charge < -0.3 is 9.90 Å². The van der Waals surface area contributed by atoms with Crippen molar-refractivity contribution in [1.29, 1.82) is 0 Å². The molecular formula is C8H6FNaO2. The Labute approximate surface area is 91.7 Å². The van der Waals surface area contributed by atoms with E-state index in [1.165, 1.54) is 12.1 Å². The molecule has 1 rings (SSSR count). The van der Waals surface area contributed by atoms with Gasteiger partial charge in [-0.3, -0.25) is 0 Å². The molecule has 1 aromatic rings. The SMILES string of the molecule is Cc1ccc(F)cc1C(=O)[O-].[Na+]. The van der Waals surface area contributed by atoms with E-state index in [9.17, 15) is 14.3 Å². The molecule has 0 aliphatic carbocycles. The van der Waals surface area contributed by atoms with E-state index in [1.807, 2.05) is 0 Å². The van der Waals surface area contributed by atoms with E-state index in [-0.39, 0.29) is 35.1 Å². The summed E-state index contributed by atoms with van der Waals surface area (Å²) in [7, 11) is 0. The number of hydrogen-bond donors (Lipinski definition) is 0. The summed E-state index contributed by atoms with van der Waals surface area (Å²) in [5.41, 5.74) is 0.413. The Kier molecular flexibility index (Phi) is 4.45. The molecule has 0 radical (unpaired) electrons. The molecule has 4 heteroatoms. The van der Waals surface area contributed by atoms with Crippen LogP contribution in [0.5, 0.6) is 0 Å². The van der Waals surface area contributed by atoms with Crippen molar-refractivity contribution in [2.45, 2.75) is 6.92 Å². The molecule has 0 N–H and O–H groups in total. The summed E-state index contributed by atoms with van der Waals surface area (Å²) in [6, 6.07) is 3.56. The summed E-state index contributed by atoms with van der Waals surface area (Å²) in [5, 5.41) is 10.3. The van der Waals surface area contributed by atoms with Crippen molar-refractivity contribution in [3.63, 3.8) is 0 Å². The van der Waals surface area contributed by atoms with Gasteiger partial charge in [0, 0.05) is 5.56 Å². The number of aromatic carboxylic acids is 1. The molecule has 0 aliphatic rings. The molecule has 0 spiro atoms. The summed E-state index contributed by atoms with van der Waals surface area (Å²) in [4.78, 5) is 10.3. The first-order valence-electron chi connectivity index (χ1n) is 3.09. The van der Waals surface area contributed by atoms with Crippen LogP contribution in [0.4, 0.5) is 4.39 Å². The molecule has 0 fully saturated rings. The first kappa shape index (κ1) is 11.6. The number of hydrogen-bond acceptors (Lipinski definition) is 2. The van der Waals surface area contributed by atoms with Gasteiger partial charge in [0.15, 0.2) is 0 Å². The number of rotatable bonds is 1. The first-order chi connectivity index (χ1) is 5.11. The second-order valence-electron chi connectivity index (χ2n) is 2.25. The van der Waals surface area contributed by atoms with Crippen molar-refractivity contribution in [2.75, 3.05) is 0 Å². The minimum atomic E-state index is -1.35. The second kappa shape index (κ2) is 4.60. The van der Waals surface area contributed by atoms with E-state index < -0.39 is 11.8 Å². The Morgan fingerprint density at radius 1 is 1.50 bits per heavy atom. The van der Waals surface area contributed by atoms with Crippen molar-refractivity contribution in [3.8, 4) is 0 Å². The van der Waals surface area contributed by atoms with Crippen LogP contribution in [0.2, 0.25) is 0 Å². The number of carboxylic acids is 1. The standard InChI is InChI=1S/C8H7FO2.Na/c1-5-2-3-6(9)4-7(5)8(10)11;/h2-4H,1H3,(H,10,11);/q;+1/p-1. The Morgan fingerprint density at radius 3 is 2.50 bits per heavy atom. The molecule has 1 aromatic carbocycles. The minimum Gasteiger partial charge on any atom is -0.545 e. The zero-order valence-electron chi connectivity index (χ0n) is 6.93. The predicted octanol–water partition coefficient (Wildman–Crippen LogP) is -2.50. The Balaban J connectivity index is 0.00000121. The Hall–Kier alpha value is -0.380. The molecule has 0 amide bonds. The van der Waals surface area contributed by atoms with Gasteiger partial charge in [0.2, 0.25) is 0 Å². The minimum absolute atomic E-state index is 0. The van der Waals surface area contributed by atoms with Crippen molar-refractivity contribution in [2.24, 2.45) is 0 Å². The summed E-state index contributed by atoms with van der Waals surface area (Å²) in [6.45, 7) is 1.59. The topological polar surface area (TPSA) is 40.1 Å². The van der Waals surface area contributed by atoms with E-state index in [4.69, 9.17) is 0 Å². The van der Waals surface area contributed by atoms with Gasteiger partial charge in [-0.2, -0.15) is 0 Å². The van der Waals surface area contributed by atoms with Crippen LogP contribution in [0.25, 0.3) is 0 Å². The van der Waals surface area contributed by atoms with Crippen molar-refractivity contribution in [3.05, 3.63) is 35.1 Å². The summed E-state index contributed by atoms with van der Waals surface area (Å²) >= 11 is 0. The van der Waals surface area contributed by atoms with Gasteiger partial charge in [-0.15, -0.1) is 0 Å². The zero-order chi connectivity index (χ0) is 8.43. The average Bonchev–Trinajstić information content (AvgIpc) is 1.94. The molecule has 2 nitrogen and oxygen atoms in total. The number of carbonyl (C=O) groups is 1. The number of benzene rings is 1. The zero-order valence-corrected chi connectivity index (χ0v) is 8.93. The van der Waals surface area contributed by atoms with Crippen LogP contribution in [0, 0.1) is 12.7 Å². The molecule has 0 aliphatic heterocycles. The van der Waals surface area contributed by atoms with Crippen LogP contribution in [0.1, 0.15) is 15.9 Å². The fourth-order valence-corrected chi connectivity index (χ4v) is 0.814. The molecule has 0 saturated heterocycles. The maximum Gasteiger partial charge on any atom is 1.00 e. The van der Waals surface area contributed by atoms with Gasteiger partial charge in [-0.25, -0.2) is 4.39 Å². The van der Waals surface area contributed by atoms with Crippen LogP contribution in [0.3, 0.4) is 0 Å². The number of carboxylic acid groups (broad SMARTS) is 1. The van der Waals surface area contributed by atoms with Gasteiger partial charge >= 0.3 is 29.6 Å².